The lowest BCUT2D eigenvalue weighted by Crippen LogP contribution is -2.09. The molecule has 1 aliphatic heterocycles. The van der Waals surface area contributed by atoms with E-state index < -0.39 is 0 Å². The maximum Gasteiger partial charge on any atom is 0.141 e. The monoisotopic (exact) mass is 242 g/mol. The molecule has 84 valence electrons. The average molecular weight is 242 g/mol. The Balaban J connectivity index is 2.07. The zero-order chi connectivity index (χ0) is 11.7. The molecule has 3 heteroatoms. The third-order valence-electron chi connectivity index (χ3n) is 2.74. The van der Waals surface area contributed by atoms with E-state index in [1.807, 2.05) is 47.9 Å². The van der Waals surface area contributed by atoms with E-state index in [-0.39, 0.29) is 5.92 Å². The van der Waals surface area contributed by atoms with E-state index in [9.17, 15) is 4.79 Å². The Bertz CT molecular complexity index is 570. The Morgan fingerprint density at radius 3 is 2.82 bits per heavy atom. The number of para-hydroxylation sites is 1. The van der Waals surface area contributed by atoms with Gasteiger partial charge in [-0.3, -0.25) is 0 Å². The van der Waals surface area contributed by atoms with Crippen LogP contribution in [0.25, 0.3) is 5.76 Å². The van der Waals surface area contributed by atoms with Crippen LogP contribution in [0.5, 0.6) is 5.75 Å². The van der Waals surface area contributed by atoms with Crippen molar-refractivity contribution < 1.29 is 9.53 Å². The van der Waals surface area contributed by atoms with Crippen LogP contribution in [-0.4, -0.2) is 6.29 Å². The molecule has 2 nitrogen and oxygen atoms in total. The SMILES string of the molecule is O=CC1C=C(c2cccs2)Oc2ccccc21. The van der Waals surface area contributed by atoms with Gasteiger partial charge in [0.25, 0.3) is 0 Å². The fraction of sp³-hybridized carbons (Fsp3) is 0.0714. The second kappa shape index (κ2) is 4.18. The van der Waals surface area contributed by atoms with Gasteiger partial charge in [0.05, 0.1) is 10.8 Å². The summed E-state index contributed by atoms with van der Waals surface area (Å²) in [5, 5.41) is 2.00. The van der Waals surface area contributed by atoms with E-state index in [1.54, 1.807) is 11.3 Å². The number of carbonyl (C=O) groups excluding carboxylic acids is 1. The highest BCUT2D eigenvalue weighted by atomic mass is 32.1. The van der Waals surface area contributed by atoms with Crippen LogP contribution < -0.4 is 4.74 Å². The number of allylic oxidation sites excluding steroid dienone is 1. The third kappa shape index (κ3) is 1.78. The molecule has 0 saturated carbocycles. The van der Waals surface area contributed by atoms with Crippen LogP contribution in [0.15, 0.2) is 47.9 Å². The van der Waals surface area contributed by atoms with Crippen molar-refractivity contribution in [1.29, 1.82) is 0 Å². The van der Waals surface area contributed by atoms with Crippen molar-refractivity contribution in [2.24, 2.45) is 0 Å². The van der Waals surface area contributed by atoms with Crippen LogP contribution >= 0.6 is 11.3 Å². The molecule has 1 aromatic carbocycles. The number of rotatable bonds is 2. The first-order valence-corrected chi connectivity index (χ1v) is 6.24. The topological polar surface area (TPSA) is 26.3 Å². The molecule has 1 aliphatic rings. The van der Waals surface area contributed by atoms with Crippen LogP contribution in [0, 0.1) is 0 Å². The summed E-state index contributed by atoms with van der Waals surface area (Å²) in [5.74, 6) is 1.34. The predicted molar refractivity (Wildman–Crippen MR) is 68.2 cm³/mol. The highest BCUT2D eigenvalue weighted by molar-refractivity contribution is 7.11. The second-order valence-corrected chi connectivity index (χ2v) is 4.76. The molecule has 0 amide bonds. The minimum Gasteiger partial charge on any atom is -0.456 e. The molecule has 2 heterocycles. The Labute approximate surface area is 103 Å². The summed E-state index contributed by atoms with van der Waals surface area (Å²) in [7, 11) is 0. The highest BCUT2D eigenvalue weighted by Gasteiger charge is 2.21. The number of benzene rings is 1. The molecule has 0 spiro atoms. The van der Waals surface area contributed by atoms with Gasteiger partial charge in [0.1, 0.15) is 17.8 Å². The van der Waals surface area contributed by atoms with Crippen molar-refractivity contribution in [1.82, 2.24) is 0 Å². The fourth-order valence-electron chi connectivity index (χ4n) is 1.92. The van der Waals surface area contributed by atoms with Gasteiger partial charge in [0.15, 0.2) is 0 Å². The summed E-state index contributed by atoms with van der Waals surface area (Å²) in [5.41, 5.74) is 0.933. The molecule has 0 radical (unpaired) electrons. The van der Waals surface area contributed by atoms with E-state index in [0.717, 1.165) is 28.2 Å². The van der Waals surface area contributed by atoms with Crippen LogP contribution in [0.1, 0.15) is 16.4 Å². The number of thiophene rings is 1. The maximum absolute atomic E-state index is 11.1. The molecule has 0 fully saturated rings. The van der Waals surface area contributed by atoms with Crippen molar-refractivity contribution >= 4 is 23.4 Å². The van der Waals surface area contributed by atoms with Crippen LogP contribution in [-0.2, 0) is 4.79 Å². The van der Waals surface area contributed by atoms with Gasteiger partial charge in [-0.1, -0.05) is 24.3 Å². The van der Waals surface area contributed by atoms with Crippen molar-refractivity contribution in [2.75, 3.05) is 0 Å². The first-order chi connectivity index (χ1) is 8.38. The molecule has 2 aromatic rings. The minimum absolute atomic E-state index is 0.211. The molecule has 1 unspecified atom stereocenters. The maximum atomic E-state index is 11.1. The fourth-order valence-corrected chi connectivity index (χ4v) is 2.60. The Morgan fingerprint density at radius 2 is 2.06 bits per heavy atom. The van der Waals surface area contributed by atoms with Gasteiger partial charge in [-0.05, 0) is 23.6 Å². The smallest absolute Gasteiger partial charge is 0.141 e. The van der Waals surface area contributed by atoms with Crippen LogP contribution in [0.2, 0.25) is 0 Å². The molecule has 3 rings (SSSR count). The number of carbonyl (C=O) groups is 1. The lowest BCUT2D eigenvalue weighted by atomic mass is 9.96. The van der Waals surface area contributed by atoms with Crippen LogP contribution in [0.3, 0.4) is 0 Å². The Kier molecular flexibility index (Phi) is 2.53. The summed E-state index contributed by atoms with van der Waals surface area (Å²) >= 11 is 1.61. The Morgan fingerprint density at radius 1 is 1.18 bits per heavy atom. The number of aldehydes is 1. The molecule has 1 aromatic heterocycles. The Hall–Kier alpha value is -1.87. The molecule has 0 bridgehead atoms. The molecule has 1 atom stereocenters. The van der Waals surface area contributed by atoms with Crippen molar-refractivity contribution in [3.63, 3.8) is 0 Å². The van der Waals surface area contributed by atoms with Gasteiger partial charge in [-0.25, -0.2) is 0 Å². The van der Waals surface area contributed by atoms with E-state index in [0.29, 0.717) is 0 Å². The summed E-state index contributed by atoms with van der Waals surface area (Å²) in [6.45, 7) is 0. The summed E-state index contributed by atoms with van der Waals surface area (Å²) in [4.78, 5) is 12.2. The molecule has 17 heavy (non-hydrogen) atoms. The van der Waals surface area contributed by atoms with Gasteiger partial charge in [0.2, 0.25) is 0 Å². The van der Waals surface area contributed by atoms with E-state index >= 15 is 0 Å². The largest absolute Gasteiger partial charge is 0.456 e. The van der Waals surface area contributed by atoms with Gasteiger partial charge < -0.3 is 9.53 Å². The third-order valence-corrected chi connectivity index (χ3v) is 3.62. The number of hydrogen-bond acceptors (Lipinski definition) is 3. The summed E-state index contributed by atoms with van der Waals surface area (Å²) in [6.07, 6.45) is 2.83. The second-order valence-electron chi connectivity index (χ2n) is 3.81. The van der Waals surface area contributed by atoms with E-state index in [2.05, 4.69) is 0 Å². The van der Waals surface area contributed by atoms with Gasteiger partial charge in [-0.15, -0.1) is 11.3 Å². The van der Waals surface area contributed by atoms with Crippen molar-refractivity contribution in [3.8, 4) is 5.75 Å². The van der Waals surface area contributed by atoms with Crippen LogP contribution in [0.4, 0.5) is 0 Å². The quantitative estimate of drug-likeness (QED) is 0.754. The van der Waals surface area contributed by atoms with Crippen molar-refractivity contribution in [3.05, 3.63) is 58.3 Å². The van der Waals surface area contributed by atoms with E-state index in [4.69, 9.17) is 4.74 Å². The average Bonchev–Trinajstić information content (AvgIpc) is 2.91. The van der Waals surface area contributed by atoms with Gasteiger partial charge in [-0.2, -0.15) is 0 Å². The lowest BCUT2D eigenvalue weighted by Gasteiger charge is -2.21. The molecule has 0 aliphatic carbocycles. The first-order valence-electron chi connectivity index (χ1n) is 5.36. The van der Waals surface area contributed by atoms with E-state index in [1.165, 1.54) is 0 Å². The molecular formula is C14H10O2S. The standard InChI is InChI=1S/C14H10O2S/c15-9-10-8-13(14-6-3-7-17-14)16-12-5-2-1-4-11(10)12/h1-10H. The normalized spacial score (nSPS) is 17.9. The lowest BCUT2D eigenvalue weighted by molar-refractivity contribution is -0.108. The predicted octanol–water partition coefficient (Wildman–Crippen LogP) is 3.46. The molecule has 0 N–H and O–H groups in total. The molecule has 0 saturated heterocycles. The number of ether oxygens (including phenoxy) is 1. The van der Waals surface area contributed by atoms with Crippen molar-refractivity contribution in [2.45, 2.75) is 5.92 Å². The first kappa shape index (κ1) is 10.3. The zero-order valence-electron chi connectivity index (χ0n) is 9.00. The van der Waals surface area contributed by atoms with Gasteiger partial charge in [0, 0.05) is 5.56 Å². The number of fused-ring (bicyclic) bond motifs is 1. The molecular weight excluding hydrogens is 232 g/mol. The summed E-state index contributed by atoms with van der Waals surface area (Å²) in [6, 6.07) is 11.6. The summed E-state index contributed by atoms with van der Waals surface area (Å²) < 4.78 is 5.82. The minimum atomic E-state index is -0.211. The highest BCUT2D eigenvalue weighted by Crippen LogP contribution is 2.37. The van der Waals surface area contributed by atoms with Gasteiger partial charge >= 0.3 is 0 Å². The zero-order valence-corrected chi connectivity index (χ0v) is 9.81. The number of hydrogen-bond donors (Lipinski definition) is 0.